The molecule has 0 N–H and O–H groups in total. The van der Waals surface area contributed by atoms with E-state index >= 15 is 0 Å². The Morgan fingerprint density at radius 3 is 2.61 bits per heavy atom. The number of hydrogen-bond acceptors (Lipinski definition) is 4. The summed E-state index contributed by atoms with van der Waals surface area (Å²) in [5.74, 6) is 1.44. The van der Waals surface area contributed by atoms with Crippen LogP contribution in [0.3, 0.4) is 0 Å². The third kappa shape index (κ3) is 4.70. The fraction of sp³-hybridized carbons (Fsp3) is 0.182. The predicted octanol–water partition coefficient (Wildman–Crippen LogP) is 4.97. The number of allylic oxidation sites excluding steroid dienone is 1. The van der Waals surface area contributed by atoms with Crippen LogP contribution < -0.4 is 9.47 Å². The summed E-state index contributed by atoms with van der Waals surface area (Å²) >= 11 is 3.41. The van der Waals surface area contributed by atoms with E-state index < -0.39 is 0 Å². The molecule has 3 aromatic rings. The lowest BCUT2D eigenvalue weighted by Gasteiger charge is -2.11. The van der Waals surface area contributed by atoms with Gasteiger partial charge >= 0.3 is 0 Å². The molecule has 0 fully saturated rings. The summed E-state index contributed by atoms with van der Waals surface area (Å²) in [7, 11) is 3.44. The normalized spacial score (nSPS) is 11.0. The van der Waals surface area contributed by atoms with Crippen LogP contribution in [0.5, 0.6) is 11.5 Å². The van der Waals surface area contributed by atoms with Gasteiger partial charge in [0.2, 0.25) is 0 Å². The SMILES string of the molecule is COc1ccc(/C=C/C(=O)c2cnn(C)c2C)cc1COc1ccc(Br)cc1. The first kappa shape index (κ1) is 19.9. The van der Waals surface area contributed by atoms with E-state index in [2.05, 4.69) is 21.0 Å². The van der Waals surface area contributed by atoms with Gasteiger partial charge in [-0.25, -0.2) is 0 Å². The Balaban J connectivity index is 1.75. The van der Waals surface area contributed by atoms with E-state index in [0.29, 0.717) is 12.2 Å². The van der Waals surface area contributed by atoms with E-state index in [1.165, 1.54) is 0 Å². The van der Waals surface area contributed by atoms with Gasteiger partial charge in [-0.1, -0.05) is 28.1 Å². The molecule has 0 unspecified atom stereocenters. The van der Waals surface area contributed by atoms with Gasteiger partial charge in [-0.05, 0) is 55.0 Å². The molecule has 0 aliphatic heterocycles. The molecule has 1 aromatic heterocycles. The third-order valence-corrected chi connectivity index (χ3v) is 4.97. The average Bonchev–Trinajstić information content (AvgIpc) is 3.04. The van der Waals surface area contributed by atoms with Crippen LogP contribution in [0.4, 0.5) is 0 Å². The summed E-state index contributed by atoms with van der Waals surface area (Å²) in [6.07, 6.45) is 4.94. The maximum Gasteiger partial charge on any atom is 0.189 e. The first-order valence-corrected chi connectivity index (χ1v) is 9.53. The van der Waals surface area contributed by atoms with Crippen molar-refractivity contribution in [3.8, 4) is 11.5 Å². The first-order valence-electron chi connectivity index (χ1n) is 8.74. The number of halogens is 1. The number of carbonyl (C=O) groups excluding carboxylic acids is 1. The smallest absolute Gasteiger partial charge is 0.189 e. The number of rotatable bonds is 7. The number of aromatic nitrogens is 2. The molecule has 0 spiro atoms. The zero-order valence-corrected chi connectivity index (χ0v) is 17.6. The molecular weight excluding hydrogens is 420 g/mol. The van der Waals surface area contributed by atoms with E-state index in [9.17, 15) is 4.79 Å². The highest BCUT2D eigenvalue weighted by Gasteiger charge is 2.10. The molecule has 144 valence electrons. The van der Waals surface area contributed by atoms with Crippen molar-refractivity contribution in [2.45, 2.75) is 13.5 Å². The number of carbonyl (C=O) groups is 1. The van der Waals surface area contributed by atoms with Crippen LogP contribution in [-0.4, -0.2) is 22.7 Å². The molecule has 2 aromatic carbocycles. The minimum Gasteiger partial charge on any atom is -0.496 e. The number of nitrogens with zero attached hydrogens (tertiary/aromatic N) is 2. The van der Waals surface area contributed by atoms with Crippen molar-refractivity contribution >= 4 is 27.8 Å². The number of benzene rings is 2. The molecule has 0 atom stereocenters. The van der Waals surface area contributed by atoms with E-state index in [-0.39, 0.29) is 5.78 Å². The highest BCUT2D eigenvalue weighted by molar-refractivity contribution is 9.10. The second-order valence-corrected chi connectivity index (χ2v) is 7.19. The van der Waals surface area contributed by atoms with Gasteiger partial charge in [-0.3, -0.25) is 9.48 Å². The lowest BCUT2D eigenvalue weighted by Crippen LogP contribution is -2.00. The molecule has 0 aliphatic carbocycles. The largest absolute Gasteiger partial charge is 0.496 e. The highest BCUT2D eigenvalue weighted by Crippen LogP contribution is 2.24. The lowest BCUT2D eigenvalue weighted by molar-refractivity contribution is 0.104. The van der Waals surface area contributed by atoms with Crippen molar-refractivity contribution in [1.82, 2.24) is 9.78 Å². The fourth-order valence-corrected chi connectivity index (χ4v) is 2.97. The van der Waals surface area contributed by atoms with Gasteiger partial charge in [-0.2, -0.15) is 5.10 Å². The van der Waals surface area contributed by atoms with Gasteiger partial charge in [0.05, 0.1) is 18.9 Å². The molecule has 0 bridgehead atoms. The monoisotopic (exact) mass is 440 g/mol. The number of ether oxygens (including phenoxy) is 2. The number of methoxy groups -OCH3 is 1. The van der Waals surface area contributed by atoms with Crippen molar-refractivity contribution in [3.05, 3.63) is 81.6 Å². The Bertz CT molecular complexity index is 1010. The number of ketones is 1. The van der Waals surface area contributed by atoms with Crippen molar-refractivity contribution in [2.75, 3.05) is 7.11 Å². The first-order chi connectivity index (χ1) is 13.5. The highest BCUT2D eigenvalue weighted by atomic mass is 79.9. The summed E-state index contributed by atoms with van der Waals surface area (Å²) in [6, 6.07) is 13.4. The Kier molecular flexibility index (Phi) is 6.31. The molecular formula is C22H21BrN2O3. The zero-order valence-electron chi connectivity index (χ0n) is 16.0. The molecule has 0 amide bonds. The van der Waals surface area contributed by atoms with Gasteiger partial charge < -0.3 is 9.47 Å². The Hall–Kier alpha value is -2.86. The molecule has 3 rings (SSSR count). The maximum atomic E-state index is 12.4. The van der Waals surface area contributed by atoms with Crippen LogP contribution in [0, 0.1) is 6.92 Å². The standard InChI is InChI=1S/C22H21BrN2O3/c1-15-20(13-24-25(15)2)21(26)10-4-16-5-11-22(27-3)17(12-16)14-28-19-8-6-18(23)7-9-19/h4-13H,14H2,1-3H3/b10-4+. The lowest BCUT2D eigenvalue weighted by atomic mass is 10.1. The number of hydrogen-bond donors (Lipinski definition) is 0. The summed E-state index contributed by atoms with van der Waals surface area (Å²) < 4.78 is 14.0. The van der Waals surface area contributed by atoms with Crippen molar-refractivity contribution < 1.29 is 14.3 Å². The number of aryl methyl sites for hydroxylation is 1. The Labute approximate surface area is 172 Å². The van der Waals surface area contributed by atoms with Crippen molar-refractivity contribution in [3.63, 3.8) is 0 Å². The summed E-state index contributed by atoms with van der Waals surface area (Å²) in [5, 5.41) is 4.11. The van der Waals surface area contributed by atoms with Gasteiger partial charge in [0.15, 0.2) is 5.78 Å². The van der Waals surface area contributed by atoms with Crippen LogP contribution in [0.25, 0.3) is 6.08 Å². The van der Waals surface area contributed by atoms with Gasteiger partial charge in [0.1, 0.15) is 18.1 Å². The Morgan fingerprint density at radius 2 is 1.96 bits per heavy atom. The zero-order chi connectivity index (χ0) is 20.1. The van der Waals surface area contributed by atoms with Crippen LogP contribution >= 0.6 is 15.9 Å². The quantitative estimate of drug-likeness (QED) is 0.384. The topological polar surface area (TPSA) is 53.3 Å². The van der Waals surface area contributed by atoms with Crippen molar-refractivity contribution in [1.29, 1.82) is 0 Å². The molecule has 0 saturated heterocycles. The molecule has 6 heteroatoms. The van der Waals surface area contributed by atoms with Crippen molar-refractivity contribution in [2.24, 2.45) is 7.05 Å². The van der Waals surface area contributed by atoms with Crippen LogP contribution in [0.15, 0.2) is 59.2 Å². The van der Waals surface area contributed by atoms with E-state index in [4.69, 9.17) is 9.47 Å². The summed E-state index contributed by atoms with van der Waals surface area (Å²) in [6.45, 7) is 2.24. The molecule has 28 heavy (non-hydrogen) atoms. The van der Waals surface area contributed by atoms with Gasteiger partial charge in [0.25, 0.3) is 0 Å². The van der Waals surface area contributed by atoms with Crippen LogP contribution in [-0.2, 0) is 13.7 Å². The minimum atomic E-state index is -0.0749. The van der Waals surface area contributed by atoms with E-state index in [1.807, 2.05) is 56.4 Å². The summed E-state index contributed by atoms with van der Waals surface area (Å²) in [4.78, 5) is 12.4. The second kappa shape index (κ2) is 8.89. The minimum absolute atomic E-state index is 0.0749. The molecule has 0 radical (unpaired) electrons. The van der Waals surface area contributed by atoms with Gasteiger partial charge in [-0.15, -0.1) is 0 Å². The second-order valence-electron chi connectivity index (χ2n) is 6.28. The van der Waals surface area contributed by atoms with Crippen LogP contribution in [0.1, 0.15) is 27.2 Å². The third-order valence-electron chi connectivity index (χ3n) is 4.44. The Morgan fingerprint density at radius 1 is 1.21 bits per heavy atom. The molecule has 1 heterocycles. The molecule has 0 saturated carbocycles. The van der Waals surface area contributed by atoms with E-state index in [0.717, 1.165) is 32.8 Å². The summed E-state index contributed by atoms with van der Waals surface area (Å²) in [5.41, 5.74) is 3.24. The molecule has 5 nitrogen and oxygen atoms in total. The predicted molar refractivity (Wildman–Crippen MR) is 113 cm³/mol. The van der Waals surface area contributed by atoms with Gasteiger partial charge in [0, 0.05) is 22.8 Å². The fourth-order valence-electron chi connectivity index (χ4n) is 2.71. The van der Waals surface area contributed by atoms with Crippen LogP contribution in [0.2, 0.25) is 0 Å². The molecule has 0 aliphatic rings. The van der Waals surface area contributed by atoms with E-state index in [1.54, 1.807) is 30.1 Å². The average molecular weight is 441 g/mol. The maximum absolute atomic E-state index is 12.4.